The van der Waals surface area contributed by atoms with Crippen LogP contribution in [0.4, 0.5) is 5.69 Å². The Morgan fingerprint density at radius 1 is 1.15 bits per heavy atom. The number of carbonyl (C=O) groups excluding carboxylic acids is 1. The van der Waals surface area contributed by atoms with Crippen molar-refractivity contribution in [1.29, 1.82) is 0 Å². The summed E-state index contributed by atoms with van der Waals surface area (Å²) in [6.45, 7) is 9.11. The second kappa shape index (κ2) is 9.26. The first-order valence-corrected chi connectivity index (χ1v) is 10.1. The molecule has 0 atom stereocenters. The monoisotopic (exact) mass is 384 g/mol. The van der Waals surface area contributed by atoms with E-state index in [1.54, 1.807) is 0 Å². The molecule has 1 aliphatic rings. The summed E-state index contributed by atoms with van der Waals surface area (Å²) in [5.74, 6) is -0.0998. The number of fused-ring (bicyclic) bond motifs is 1. The summed E-state index contributed by atoms with van der Waals surface area (Å²) in [5, 5.41) is 5.45. The van der Waals surface area contributed by atoms with Crippen LogP contribution < -0.4 is 10.2 Å². The third kappa shape index (κ3) is 5.03. The maximum absolute atomic E-state index is 11.2. The largest absolute Gasteiger partial charge is 0.377 e. The highest BCUT2D eigenvalue weighted by atomic mass is 32.2. The van der Waals surface area contributed by atoms with Crippen LogP contribution in [0.25, 0.3) is 10.8 Å². The van der Waals surface area contributed by atoms with Gasteiger partial charge >= 0.3 is 0 Å². The second-order valence-corrected chi connectivity index (χ2v) is 8.02. The maximum Gasteiger partial charge on any atom is 0.243 e. The number of nitrogens with zero attached hydrogens (tertiary/aromatic N) is 3. The van der Waals surface area contributed by atoms with Gasteiger partial charge < -0.3 is 10.2 Å². The van der Waals surface area contributed by atoms with Gasteiger partial charge in [0.25, 0.3) is 0 Å². The van der Waals surface area contributed by atoms with Gasteiger partial charge in [-0.15, -0.1) is 0 Å². The van der Waals surface area contributed by atoms with Gasteiger partial charge in [0.05, 0.1) is 0 Å². The van der Waals surface area contributed by atoms with Gasteiger partial charge in [-0.3, -0.25) is 9.69 Å². The first-order chi connectivity index (χ1) is 13.1. The van der Waals surface area contributed by atoms with E-state index in [0.29, 0.717) is 6.54 Å². The SMILES string of the molecule is C=CC(=O)NCCN1CCN(Sc2cccc3c(N(C)C)cccc23)CC1. The van der Waals surface area contributed by atoms with E-state index in [9.17, 15) is 4.79 Å². The fourth-order valence-corrected chi connectivity index (χ4v) is 4.37. The molecule has 6 heteroatoms. The molecule has 1 amide bonds. The van der Waals surface area contributed by atoms with Crippen molar-refractivity contribution in [3.05, 3.63) is 49.1 Å². The Balaban J connectivity index is 1.59. The van der Waals surface area contributed by atoms with Crippen LogP contribution in [0.3, 0.4) is 0 Å². The topological polar surface area (TPSA) is 38.8 Å². The number of anilines is 1. The zero-order valence-electron chi connectivity index (χ0n) is 16.1. The Bertz CT molecular complexity index is 800. The fraction of sp³-hybridized carbons (Fsp3) is 0.381. The van der Waals surface area contributed by atoms with Gasteiger partial charge in [-0.25, -0.2) is 4.31 Å². The molecule has 3 rings (SSSR count). The number of amides is 1. The summed E-state index contributed by atoms with van der Waals surface area (Å²) >= 11 is 1.85. The van der Waals surface area contributed by atoms with E-state index >= 15 is 0 Å². The van der Waals surface area contributed by atoms with Crippen LogP contribution in [0, 0.1) is 0 Å². The molecule has 0 aliphatic carbocycles. The van der Waals surface area contributed by atoms with Crippen LogP contribution in [0.15, 0.2) is 53.9 Å². The van der Waals surface area contributed by atoms with Crippen LogP contribution in [0.1, 0.15) is 0 Å². The minimum atomic E-state index is -0.0998. The lowest BCUT2D eigenvalue weighted by Crippen LogP contribution is -2.46. The van der Waals surface area contributed by atoms with Gasteiger partial charge in [-0.05, 0) is 35.5 Å². The summed E-state index contributed by atoms with van der Waals surface area (Å²) in [6.07, 6.45) is 1.32. The zero-order valence-corrected chi connectivity index (χ0v) is 17.0. The summed E-state index contributed by atoms with van der Waals surface area (Å²) in [7, 11) is 4.18. The van der Waals surface area contributed by atoms with Crippen molar-refractivity contribution in [3.8, 4) is 0 Å². The molecule has 0 bridgehead atoms. The van der Waals surface area contributed by atoms with Crippen molar-refractivity contribution in [3.63, 3.8) is 0 Å². The molecule has 1 saturated heterocycles. The number of benzene rings is 2. The van der Waals surface area contributed by atoms with Crippen LogP contribution in [0.5, 0.6) is 0 Å². The van der Waals surface area contributed by atoms with Gasteiger partial charge in [-0.2, -0.15) is 0 Å². The first kappa shape index (κ1) is 19.7. The molecule has 1 heterocycles. The third-order valence-electron chi connectivity index (χ3n) is 4.81. The second-order valence-electron chi connectivity index (χ2n) is 6.88. The molecule has 2 aromatic carbocycles. The van der Waals surface area contributed by atoms with E-state index in [-0.39, 0.29) is 5.91 Å². The lowest BCUT2D eigenvalue weighted by molar-refractivity contribution is -0.116. The summed E-state index contributed by atoms with van der Waals surface area (Å²) in [5.41, 5.74) is 1.25. The molecule has 27 heavy (non-hydrogen) atoms. The van der Waals surface area contributed by atoms with E-state index in [1.165, 1.54) is 27.4 Å². The lowest BCUT2D eigenvalue weighted by Gasteiger charge is -2.34. The number of piperazine rings is 1. The van der Waals surface area contributed by atoms with Crippen molar-refractivity contribution in [2.24, 2.45) is 0 Å². The average Bonchev–Trinajstić information content (AvgIpc) is 2.69. The molecule has 1 N–H and O–H groups in total. The number of rotatable bonds is 7. The predicted octanol–water partition coefficient (Wildman–Crippen LogP) is 2.83. The Labute approximate surface area is 166 Å². The highest BCUT2D eigenvalue weighted by Gasteiger charge is 2.18. The molecule has 0 unspecified atom stereocenters. The van der Waals surface area contributed by atoms with Gasteiger partial charge in [0.1, 0.15) is 0 Å². The zero-order chi connectivity index (χ0) is 19.2. The predicted molar refractivity (Wildman–Crippen MR) is 115 cm³/mol. The Morgan fingerprint density at radius 3 is 2.56 bits per heavy atom. The summed E-state index contributed by atoms with van der Waals surface area (Å²) in [6, 6.07) is 13.1. The molecule has 0 radical (unpaired) electrons. The Hall–Kier alpha value is -2.02. The van der Waals surface area contributed by atoms with E-state index in [2.05, 4.69) is 76.5 Å². The van der Waals surface area contributed by atoms with Gasteiger partial charge in [-0.1, -0.05) is 30.8 Å². The molecular weight excluding hydrogens is 356 g/mol. The van der Waals surface area contributed by atoms with Gasteiger partial charge in [0, 0.05) is 69.3 Å². The minimum absolute atomic E-state index is 0.0998. The van der Waals surface area contributed by atoms with Crippen molar-refractivity contribution in [2.75, 3.05) is 58.3 Å². The molecule has 144 valence electrons. The van der Waals surface area contributed by atoms with E-state index in [1.807, 2.05) is 11.9 Å². The molecule has 1 fully saturated rings. The van der Waals surface area contributed by atoms with Crippen molar-refractivity contribution in [2.45, 2.75) is 4.90 Å². The third-order valence-corrected chi connectivity index (χ3v) is 5.99. The van der Waals surface area contributed by atoms with Crippen LogP contribution in [-0.2, 0) is 4.79 Å². The number of nitrogens with one attached hydrogen (secondary N) is 1. The van der Waals surface area contributed by atoms with E-state index in [0.717, 1.165) is 32.7 Å². The van der Waals surface area contributed by atoms with Crippen LogP contribution in [0.2, 0.25) is 0 Å². The number of hydrogen-bond acceptors (Lipinski definition) is 5. The smallest absolute Gasteiger partial charge is 0.243 e. The molecule has 0 aromatic heterocycles. The van der Waals surface area contributed by atoms with Crippen LogP contribution in [-0.4, -0.2) is 68.5 Å². The molecule has 5 nitrogen and oxygen atoms in total. The van der Waals surface area contributed by atoms with Gasteiger partial charge in [0.15, 0.2) is 0 Å². The molecule has 0 saturated carbocycles. The van der Waals surface area contributed by atoms with Crippen molar-refractivity contribution in [1.82, 2.24) is 14.5 Å². The number of carbonyl (C=O) groups is 1. The highest BCUT2D eigenvalue weighted by molar-refractivity contribution is 7.97. The van der Waals surface area contributed by atoms with Crippen LogP contribution >= 0.6 is 11.9 Å². The first-order valence-electron chi connectivity index (χ1n) is 9.33. The molecule has 0 spiro atoms. The Kier molecular flexibility index (Phi) is 6.77. The molecule has 1 aliphatic heterocycles. The quantitative estimate of drug-likeness (QED) is 0.587. The normalized spacial score (nSPS) is 15.6. The standard InChI is InChI=1S/C21H28N4OS/c1-4-21(26)22-11-12-24-13-15-25(16-14-24)27-20-10-6-7-17-18(20)8-5-9-19(17)23(2)3/h4-10H,1,11-16H2,2-3H3,(H,22,26). The van der Waals surface area contributed by atoms with Crippen molar-refractivity contribution < 1.29 is 4.79 Å². The Morgan fingerprint density at radius 2 is 1.85 bits per heavy atom. The average molecular weight is 385 g/mol. The maximum atomic E-state index is 11.2. The minimum Gasteiger partial charge on any atom is -0.377 e. The number of hydrogen-bond donors (Lipinski definition) is 1. The molecule has 2 aromatic rings. The van der Waals surface area contributed by atoms with Crippen molar-refractivity contribution >= 4 is 34.3 Å². The summed E-state index contributed by atoms with van der Waals surface area (Å²) < 4.78 is 2.44. The lowest BCUT2D eigenvalue weighted by atomic mass is 10.1. The highest BCUT2D eigenvalue weighted by Crippen LogP contribution is 2.34. The fourth-order valence-electron chi connectivity index (χ4n) is 3.33. The molecular formula is C21H28N4OS. The van der Waals surface area contributed by atoms with Gasteiger partial charge in [0.2, 0.25) is 5.91 Å². The van der Waals surface area contributed by atoms with E-state index in [4.69, 9.17) is 0 Å². The van der Waals surface area contributed by atoms with E-state index < -0.39 is 0 Å². The summed E-state index contributed by atoms with van der Waals surface area (Å²) in [4.78, 5) is 17.1.